The van der Waals surface area contributed by atoms with Crippen LogP contribution in [0.25, 0.3) is 0 Å². The number of benzene rings is 1. The number of nitrogens with zero attached hydrogens (tertiary/aromatic N) is 1. The monoisotopic (exact) mass is 275 g/mol. The van der Waals surface area contributed by atoms with E-state index < -0.39 is 0 Å². The molecule has 6 heteroatoms. The molecule has 0 fully saturated rings. The van der Waals surface area contributed by atoms with Crippen molar-refractivity contribution in [3.63, 3.8) is 0 Å². The molecule has 1 aromatic heterocycles. The van der Waals surface area contributed by atoms with Crippen LogP contribution in [0.5, 0.6) is 0 Å². The van der Waals surface area contributed by atoms with Gasteiger partial charge in [-0.15, -0.1) is 0 Å². The minimum atomic E-state index is -0.354. The van der Waals surface area contributed by atoms with Crippen molar-refractivity contribution in [1.29, 1.82) is 0 Å². The summed E-state index contributed by atoms with van der Waals surface area (Å²) in [6, 6.07) is 10.2. The van der Waals surface area contributed by atoms with Gasteiger partial charge in [0.05, 0.1) is 5.25 Å². The predicted octanol–water partition coefficient (Wildman–Crippen LogP) is 1.72. The molecular weight excluding hydrogens is 262 g/mol. The molecule has 2 aromatic rings. The summed E-state index contributed by atoms with van der Waals surface area (Å²) in [4.78, 5) is 29.9. The molecule has 1 atom stereocenters. The van der Waals surface area contributed by atoms with Crippen molar-refractivity contribution >= 4 is 23.4 Å². The molecule has 19 heavy (non-hydrogen) atoms. The second-order valence-electron chi connectivity index (χ2n) is 3.97. The third-order valence-electron chi connectivity index (χ3n) is 2.46. The zero-order chi connectivity index (χ0) is 13.8. The number of rotatable bonds is 4. The third-order valence-corrected chi connectivity index (χ3v) is 3.44. The summed E-state index contributed by atoms with van der Waals surface area (Å²) in [6.45, 7) is 1.77. The minimum Gasteiger partial charge on any atom is -0.383 e. The zero-order valence-electron chi connectivity index (χ0n) is 10.3. The Morgan fingerprint density at radius 3 is 2.68 bits per heavy atom. The molecule has 0 aliphatic heterocycles. The van der Waals surface area contributed by atoms with Crippen LogP contribution in [0.15, 0.2) is 46.3 Å². The van der Waals surface area contributed by atoms with Gasteiger partial charge in [0, 0.05) is 11.6 Å². The molecule has 0 bridgehead atoms. The Bertz CT molecular complexity index is 640. The number of H-pyrrole nitrogens is 1. The summed E-state index contributed by atoms with van der Waals surface area (Å²) in [5, 5.41) is -0.00543. The number of carbonyl (C=O) groups is 1. The minimum absolute atomic E-state index is 0.0179. The van der Waals surface area contributed by atoms with Gasteiger partial charge < -0.3 is 10.7 Å². The lowest BCUT2D eigenvalue weighted by Gasteiger charge is -2.09. The van der Waals surface area contributed by atoms with E-state index in [1.54, 1.807) is 19.1 Å². The number of nitrogen functional groups attached to an aromatic ring is 1. The number of aromatic amines is 1. The molecule has 3 N–H and O–H groups in total. The van der Waals surface area contributed by atoms with Crippen LogP contribution in [0.1, 0.15) is 17.3 Å². The lowest BCUT2D eigenvalue weighted by atomic mass is 10.1. The molecule has 0 spiro atoms. The number of hydrogen-bond acceptors (Lipinski definition) is 5. The smallest absolute Gasteiger partial charge is 0.253 e. The first-order chi connectivity index (χ1) is 9.06. The highest BCUT2D eigenvalue weighted by Crippen LogP contribution is 2.22. The fraction of sp³-hybridized carbons (Fsp3) is 0.154. The number of anilines is 1. The molecule has 1 aromatic carbocycles. The Labute approximate surface area is 114 Å². The van der Waals surface area contributed by atoms with Crippen LogP contribution in [0, 0.1) is 0 Å². The first-order valence-electron chi connectivity index (χ1n) is 5.69. The van der Waals surface area contributed by atoms with E-state index in [0.29, 0.717) is 10.7 Å². The van der Waals surface area contributed by atoms with Gasteiger partial charge in [-0.25, -0.2) is 4.98 Å². The van der Waals surface area contributed by atoms with Crippen LogP contribution >= 0.6 is 11.8 Å². The SMILES string of the molecule is CC(Sc1nc(N)cc(=O)[nH]1)C(=O)c1ccccc1. The van der Waals surface area contributed by atoms with Crippen molar-refractivity contribution < 1.29 is 4.79 Å². The summed E-state index contributed by atoms with van der Waals surface area (Å²) in [7, 11) is 0. The fourth-order valence-electron chi connectivity index (χ4n) is 1.57. The quantitative estimate of drug-likeness (QED) is 0.504. The Balaban J connectivity index is 2.15. The normalized spacial score (nSPS) is 12.1. The third kappa shape index (κ3) is 3.45. The number of nitrogens with one attached hydrogen (secondary N) is 1. The number of carbonyl (C=O) groups excluding carboxylic acids is 1. The number of ketones is 1. The highest BCUT2D eigenvalue weighted by atomic mass is 32.2. The van der Waals surface area contributed by atoms with E-state index in [9.17, 15) is 9.59 Å². The Morgan fingerprint density at radius 2 is 2.05 bits per heavy atom. The number of Topliss-reactive ketones (excluding diaryl/α,β-unsaturated/α-hetero) is 1. The molecule has 0 aliphatic carbocycles. The first kappa shape index (κ1) is 13.4. The van der Waals surface area contributed by atoms with Crippen molar-refractivity contribution in [2.45, 2.75) is 17.3 Å². The molecule has 0 aliphatic rings. The summed E-state index contributed by atoms with van der Waals surface area (Å²) in [5.74, 6) is 0.126. The maximum absolute atomic E-state index is 12.1. The highest BCUT2D eigenvalue weighted by Gasteiger charge is 2.17. The first-order valence-corrected chi connectivity index (χ1v) is 6.57. The molecule has 0 saturated carbocycles. The maximum atomic E-state index is 12.1. The summed E-state index contributed by atoms with van der Waals surface area (Å²) in [5.41, 5.74) is 5.80. The molecular formula is C13H13N3O2S. The summed E-state index contributed by atoms with van der Waals surface area (Å²) >= 11 is 1.18. The van der Waals surface area contributed by atoms with E-state index in [2.05, 4.69) is 9.97 Å². The van der Waals surface area contributed by atoms with Gasteiger partial charge in [-0.3, -0.25) is 9.59 Å². The zero-order valence-corrected chi connectivity index (χ0v) is 11.1. The average molecular weight is 275 g/mol. The average Bonchev–Trinajstić information content (AvgIpc) is 2.37. The van der Waals surface area contributed by atoms with Gasteiger partial charge in [0.2, 0.25) is 0 Å². The molecule has 1 unspecified atom stereocenters. The van der Waals surface area contributed by atoms with Crippen LogP contribution in [0.4, 0.5) is 5.82 Å². The van der Waals surface area contributed by atoms with E-state index in [1.807, 2.05) is 18.2 Å². The van der Waals surface area contributed by atoms with Crippen LogP contribution in [0.3, 0.4) is 0 Å². The Hall–Kier alpha value is -2.08. The van der Waals surface area contributed by atoms with Crippen molar-refractivity contribution in [1.82, 2.24) is 9.97 Å². The number of thioether (sulfide) groups is 1. The van der Waals surface area contributed by atoms with Crippen LogP contribution in [-0.2, 0) is 0 Å². The lowest BCUT2D eigenvalue weighted by Crippen LogP contribution is -2.16. The van der Waals surface area contributed by atoms with Gasteiger partial charge in [-0.05, 0) is 6.92 Å². The van der Waals surface area contributed by atoms with Crippen LogP contribution < -0.4 is 11.3 Å². The van der Waals surface area contributed by atoms with Gasteiger partial charge in [0.1, 0.15) is 5.82 Å². The van der Waals surface area contributed by atoms with E-state index in [-0.39, 0.29) is 22.4 Å². The van der Waals surface area contributed by atoms with E-state index in [1.165, 1.54) is 17.8 Å². The van der Waals surface area contributed by atoms with E-state index in [4.69, 9.17) is 5.73 Å². The molecule has 1 heterocycles. The second kappa shape index (κ2) is 5.71. The van der Waals surface area contributed by atoms with Gasteiger partial charge in [-0.2, -0.15) is 0 Å². The summed E-state index contributed by atoms with van der Waals surface area (Å²) in [6.07, 6.45) is 0. The predicted molar refractivity (Wildman–Crippen MR) is 75.4 cm³/mol. The molecule has 0 saturated heterocycles. The number of aromatic nitrogens is 2. The Kier molecular flexibility index (Phi) is 4.01. The van der Waals surface area contributed by atoms with E-state index in [0.717, 1.165) is 0 Å². The van der Waals surface area contributed by atoms with Crippen molar-refractivity contribution in [2.75, 3.05) is 5.73 Å². The number of hydrogen-bond donors (Lipinski definition) is 2. The molecule has 2 rings (SSSR count). The van der Waals surface area contributed by atoms with Crippen LogP contribution in [-0.4, -0.2) is 21.0 Å². The standard InChI is InChI=1S/C13H13N3O2S/c1-8(12(18)9-5-3-2-4-6-9)19-13-15-10(14)7-11(17)16-13/h2-8H,1H3,(H3,14,15,16,17). The van der Waals surface area contributed by atoms with E-state index >= 15 is 0 Å². The number of nitrogens with two attached hydrogens (primary N) is 1. The summed E-state index contributed by atoms with van der Waals surface area (Å²) < 4.78 is 0. The molecule has 0 amide bonds. The van der Waals surface area contributed by atoms with Gasteiger partial charge in [-0.1, -0.05) is 42.1 Å². The van der Waals surface area contributed by atoms with Gasteiger partial charge in [0.15, 0.2) is 10.9 Å². The highest BCUT2D eigenvalue weighted by molar-refractivity contribution is 8.00. The maximum Gasteiger partial charge on any atom is 0.253 e. The van der Waals surface area contributed by atoms with Crippen LogP contribution in [0.2, 0.25) is 0 Å². The van der Waals surface area contributed by atoms with Crippen molar-refractivity contribution in [2.24, 2.45) is 0 Å². The lowest BCUT2D eigenvalue weighted by molar-refractivity contribution is 0.0994. The van der Waals surface area contributed by atoms with Crippen molar-refractivity contribution in [3.05, 3.63) is 52.3 Å². The molecule has 98 valence electrons. The Morgan fingerprint density at radius 1 is 1.37 bits per heavy atom. The van der Waals surface area contributed by atoms with Gasteiger partial charge in [0.25, 0.3) is 5.56 Å². The van der Waals surface area contributed by atoms with Gasteiger partial charge >= 0.3 is 0 Å². The van der Waals surface area contributed by atoms with Crippen molar-refractivity contribution in [3.8, 4) is 0 Å². The molecule has 0 radical (unpaired) electrons. The second-order valence-corrected chi connectivity index (χ2v) is 5.30. The molecule has 5 nitrogen and oxygen atoms in total. The largest absolute Gasteiger partial charge is 0.383 e. The fourth-order valence-corrected chi connectivity index (χ4v) is 2.46. The topological polar surface area (TPSA) is 88.8 Å².